The first kappa shape index (κ1) is 15.6. The van der Waals surface area contributed by atoms with Crippen molar-refractivity contribution in [3.63, 3.8) is 0 Å². The summed E-state index contributed by atoms with van der Waals surface area (Å²) in [5, 5.41) is 4.79. The van der Waals surface area contributed by atoms with Gasteiger partial charge in [-0.25, -0.2) is 0 Å². The molecule has 4 nitrogen and oxygen atoms in total. The molecule has 0 atom stereocenters. The van der Waals surface area contributed by atoms with Gasteiger partial charge in [0, 0.05) is 31.1 Å². The molecule has 0 amide bonds. The molecule has 2 fully saturated rings. The lowest BCUT2D eigenvalue weighted by Gasteiger charge is -2.34. The number of piperidine rings is 1. The molecule has 132 valence electrons. The summed E-state index contributed by atoms with van der Waals surface area (Å²) in [7, 11) is 0. The van der Waals surface area contributed by atoms with Crippen LogP contribution in [0.25, 0.3) is 10.9 Å². The van der Waals surface area contributed by atoms with Crippen LogP contribution in [0.3, 0.4) is 0 Å². The predicted octanol–water partition coefficient (Wildman–Crippen LogP) is 2.52. The van der Waals surface area contributed by atoms with E-state index in [2.05, 4.69) is 28.4 Å². The van der Waals surface area contributed by atoms with Gasteiger partial charge in [0.15, 0.2) is 0 Å². The van der Waals surface area contributed by atoms with E-state index in [1.54, 1.807) is 0 Å². The second-order valence-electron chi connectivity index (χ2n) is 8.29. The number of likely N-dealkylation sites (tertiary alicyclic amines) is 1. The van der Waals surface area contributed by atoms with E-state index in [9.17, 15) is 4.79 Å². The second kappa shape index (κ2) is 5.96. The normalized spacial score (nSPS) is 22.7. The summed E-state index contributed by atoms with van der Waals surface area (Å²) in [6.45, 7) is 6.48. The Morgan fingerprint density at radius 1 is 1.12 bits per heavy atom. The molecule has 0 saturated carbocycles. The summed E-state index contributed by atoms with van der Waals surface area (Å²) in [6, 6.07) is 8.48. The highest BCUT2D eigenvalue weighted by Gasteiger charge is 2.38. The van der Waals surface area contributed by atoms with Gasteiger partial charge in [0.2, 0.25) is 0 Å². The Bertz CT molecular complexity index is 863. The molecule has 0 aliphatic carbocycles. The number of nitrogens with one attached hydrogen (secondary N) is 1. The molecule has 1 spiro atoms. The Balaban J connectivity index is 1.48. The van der Waals surface area contributed by atoms with Crippen LogP contribution in [-0.2, 0) is 19.5 Å². The molecule has 0 unspecified atom stereocenters. The molecule has 1 aromatic carbocycles. The van der Waals surface area contributed by atoms with Gasteiger partial charge in [-0.1, -0.05) is 18.2 Å². The molecule has 3 aliphatic heterocycles. The maximum atomic E-state index is 12.7. The number of para-hydroxylation sites is 1. The van der Waals surface area contributed by atoms with Crippen LogP contribution in [0.15, 0.2) is 29.1 Å². The van der Waals surface area contributed by atoms with Crippen LogP contribution in [0, 0.1) is 5.41 Å². The fourth-order valence-electron chi connectivity index (χ4n) is 5.34. The number of rotatable bonds is 2. The van der Waals surface area contributed by atoms with Crippen molar-refractivity contribution in [2.24, 2.45) is 5.41 Å². The Hall–Kier alpha value is -1.65. The Labute approximate surface area is 148 Å². The first-order valence-corrected chi connectivity index (χ1v) is 9.82. The van der Waals surface area contributed by atoms with Crippen molar-refractivity contribution in [1.82, 2.24) is 14.8 Å². The number of pyridine rings is 1. The van der Waals surface area contributed by atoms with Crippen molar-refractivity contribution in [3.05, 3.63) is 45.7 Å². The van der Waals surface area contributed by atoms with Gasteiger partial charge in [0.05, 0.1) is 5.52 Å². The summed E-state index contributed by atoms with van der Waals surface area (Å²) >= 11 is 0. The van der Waals surface area contributed by atoms with Gasteiger partial charge in [-0.3, -0.25) is 9.69 Å². The molecule has 2 aromatic rings. The lowest BCUT2D eigenvalue weighted by molar-refractivity contribution is 0.194. The minimum Gasteiger partial charge on any atom is -0.317 e. The molecule has 0 bridgehead atoms. The minimum absolute atomic E-state index is 0.186. The molecule has 4 heteroatoms. The van der Waals surface area contributed by atoms with Crippen molar-refractivity contribution in [3.8, 4) is 0 Å². The lowest BCUT2D eigenvalue weighted by Crippen LogP contribution is -2.38. The van der Waals surface area contributed by atoms with Crippen LogP contribution < -0.4 is 10.9 Å². The topological polar surface area (TPSA) is 37.3 Å². The van der Waals surface area contributed by atoms with Crippen molar-refractivity contribution in [1.29, 1.82) is 0 Å². The van der Waals surface area contributed by atoms with Crippen molar-refractivity contribution >= 4 is 10.9 Å². The van der Waals surface area contributed by atoms with Gasteiger partial charge in [-0.15, -0.1) is 0 Å². The van der Waals surface area contributed by atoms with Crippen LogP contribution in [-0.4, -0.2) is 35.6 Å². The number of aromatic nitrogens is 1. The Morgan fingerprint density at radius 2 is 2.00 bits per heavy atom. The largest absolute Gasteiger partial charge is 0.317 e. The summed E-state index contributed by atoms with van der Waals surface area (Å²) in [5.74, 6) is 0. The first-order chi connectivity index (χ1) is 12.2. The van der Waals surface area contributed by atoms with Gasteiger partial charge in [0.25, 0.3) is 5.56 Å². The van der Waals surface area contributed by atoms with Gasteiger partial charge in [-0.05, 0) is 68.3 Å². The van der Waals surface area contributed by atoms with E-state index in [0.717, 1.165) is 39.0 Å². The fourth-order valence-corrected chi connectivity index (χ4v) is 5.34. The number of hydrogen-bond acceptors (Lipinski definition) is 3. The van der Waals surface area contributed by atoms with Gasteiger partial charge < -0.3 is 9.88 Å². The molecule has 3 aliphatic rings. The molecular formula is C21H27N3O. The lowest BCUT2D eigenvalue weighted by atomic mass is 9.78. The standard InChI is InChI=1S/C21H27N3O/c25-19-13-17(14-23-12-8-21(15-23)6-9-22-10-7-21)18-5-1-3-16-4-2-11-24(19)20(16)18/h1,3,5,13,22H,2,4,6-12,14-15H2. The first-order valence-electron chi connectivity index (χ1n) is 9.82. The third kappa shape index (κ3) is 2.63. The predicted molar refractivity (Wildman–Crippen MR) is 101 cm³/mol. The average Bonchev–Trinajstić information content (AvgIpc) is 3.01. The minimum atomic E-state index is 0.186. The quantitative estimate of drug-likeness (QED) is 0.915. The van der Waals surface area contributed by atoms with Gasteiger partial charge >= 0.3 is 0 Å². The van der Waals surface area contributed by atoms with E-state index in [0.29, 0.717) is 5.41 Å². The molecule has 1 aromatic heterocycles. The molecular weight excluding hydrogens is 310 g/mol. The van der Waals surface area contributed by atoms with E-state index in [4.69, 9.17) is 0 Å². The maximum Gasteiger partial charge on any atom is 0.251 e. The highest BCUT2D eigenvalue weighted by atomic mass is 16.1. The summed E-state index contributed by atoms with van der Waals surface area (Å²) in [6.07, 6.45) is 6.09. The number of hydrogen-bond donors (Lipinski definition) is 1. The van der Waals surface area contributed by atoms with Crippen LogP contribution in [0.4, 0.5) is 0 Å². The van der Waals surface area contributed by atoms with Crippen molar-refractivity contribution in [2.45, 2.75) is 45.2 Å². The summed E-state index contributed by atoms with van der Waals surface area (Å²) in [4.78, 5) is 15.3. The second-order valence-corrected chi connectivity index (χ2v) is 8.29. The molecule has 0 radical (unpaired) electrons. The Kier molecular flexibility index (Phi) is 3.72. The third-order valence-corrected chi connectivity index (χ3v) is 6.70. The molecule has 4 heterocycles. The maximum absolute atomic E-state index is 12.7. The van der Waals surface area contributed by atoms with E-state index in [1.165, 1.54) is 54.4 Å². The van der Waals surface area contributed by atoms with E-state index < -0.39 is 0 Å². The monoisotopic (exact) mass is 337 g/mol. The van der Waals surface area contributed by atoms with Crippen LogP contribution in [0.1, 0.15) is 36.8 Å². The highest BCUT2D eigenvalue weighted by Crippen LogP contribution is 2.39. The number of aryl methyl sites for hydroxylation is 2. The molecule has 1 N–H and O–H groups in total. The SMILES string of the molecule is O=c1cc(CN2CCC3(CCNCC3)C2)c2cccc3c2n1CCC3. The average molecular weight is 337 g/mol. The molecule has 25 heavy (non-hydrogen) atoms. The van der Waals surface area contributed by atoms with Crippen molar-refractivity contribution in [2.75, 3.05) is 26.2 Å². The molecule has 5 rings (SSSR count). The van der Waals surface area contributed by atoms with E-state index >= 15 is 0 Å². The zero-order chi connectivity index (χ0) is 16.9. The van der Waals surface area contributed by atoms with E-state index in [-0.39, 0.29) is 5.56 Å². The third-order valence-electron chi connectivity index (χ3n) is 6.70. The van der Waals surface area contributed by atoms with Crippen LogP contribution >= 0.6 is 0 Å². The smallest absolute Gasteiger partial charge is 0.251 e. The van der Waals surface area contributed by atoms with Crippen LogP contribution in [0.5, 0.6) is 0 Å². The summed E-state index contributed by atoms with van der Waals surface area (Å²) < 4.78 is 2.00. The van der Waals surface area contributed by atoms with Gasteiger partial charge in [-0.2, -0.15) is 0 Å². The zero-order valence-corrected chi connectivity index (χ0v) is 14.9. The zero-order valence-electron chi connectivity index (χ0n) is 14.9. The van der Waals surface area contributed by atoms with Crippen molar-refractivity contribution < 1.29 is 0 Å². The fraction of sp³-hybridized carbons (Fsp3) is 0.571. The number of benzene rings is 1. The molecule has 2 saturated heterocycles. The highest BCUT2D eigenvalue weighted by molar-refractivity contribution is 5.86. The van der Waals surface area contributed by atoms with E-state index in [1.807, 2.05) is 10.6 Å². The number of nitrogens with zero attached hydrogens (tertiary/aromatic N) is 2. The Morgan fingerprint density at radius 3 is 2.88 bits per heavy atom. The van der Waals surface area contributed by atoms with Gasteiger partial charge in [0.1, 0.15) is 0 Å². The summed E-state index contributed by atoms with van der Waals surface area (Å²) in [5.41, 5.74) is 4.48. The van der Waals surface area contributed by atoms with Crippen LogP contribution in [0.2, 0.25) is 0 Å².